The summed E-state index contributed by atoms with van der Waals surface area (Å²) >= 11 is 0. The summed E-state index contributed by atoms with van der Waals surface area (Å²) in [6, 6.07) is 9.52. The molecule has 0 aliphatic heterocycles. The average Bonchev–Trinajstić information content (AvgIpc) is 2.97. The molecule has 0 radical (unpaired) electrons. The van der Waals surface area contributed by atoms with E-state index in [4.69, 9.17) is 4.74 Å². The van der Waals surface area contributed by atoms with Gasteiger partial charge < -0.3 is 14.4 Å². The number of benzene rings is 1. The lowest BCUT2D eigenvalue weighted by Gasteiger charge is -2.13. The van der Waals surface area contributed by atoms with Crippen molar-refractivity contribution in [2.75, 3.05) is 7.11 Å². The van der Waals surface area contributed by atoms with Crippen molar-refractivity contribution in [2.45, 2.75) is 19.3 Å². The van der Waals surface area contributed by atoms with Crippen LogP contribution < -0.4 is 4.74 Å². The summed E-state index contributed by atoms with van der Waals surface area (Å²) in [5.41, 5.74) is 2.21. The summed E-state index contributed by atoms with van der Waals surface area (Å²) in [4.78, 5) is 12.0. The number of ether oxygens (including phenoxy) is 1. The SMILES string of the molecule is COc1ccc(-n2ccc(C3=C(O)CCCC3=O)c2)cc1. The lowest BCUT2D eigenvalue weighted by Crippen LogP contribution is -2.10. The molecule has 2 aromatic rings. The second kappa shape index (κ2) is 5.48. The van der Waals surface area contributed by atoms with E-state index in [9.17, 15) is 9.90 Å². The predicted octanol–water partition coefficient (Wildman–Crippen LogP) is 3.51. The maximum atomic E-state index is 12.0. The molecule has 1 aromatic heterocycles. The third kappa shape index (κ3) is 2.57. The van der Waals surface area contributed by atoms with Gasteiger partial charge in [0.1, 0.15) is 11.5 Å². The van der Waals surface area contributed by atoms with Crippen molar-refractivity contribution in [3.8, 4) is 11.4 Å². The van der Waals surface area contributed by atoms with Crippen molar-refractivity contribution in [1.29, 1.82) is 0 Å². The van der Waals surface area contributed by atoms with Gasteiger partial charge in [0.25, 0.3) is 0 Å². The van der Waals surface area contributed by atoms with Crippen molar-refractivity contribution in [3.05, 3.63) is 54.0 Å². The first-order valence-corrected chi connectivity index (χ1v) is 6.97. The van der Waals surface area contributed by atoms with E-state index in [0.717, 1.165) is 23.4 Å². The molecule has 0 bridgehead atoms. The molecule has 0 atom stereocenters. The number of nitrogens with zero attached hydrogens (tertiary/aromatic N) is 1. The number of hydrogen-bond donors (Lipinski definition) is 1. The van der Waals surface area contributed by atoms with E-state index >= 15 is 0 Å². The van der Waals surface area contributed by atoms with E-state index < -0.39 is 0 Å². The summed E-state index contributed by atoms with van der Waals surface area (Å²) in [5, 5.41) is 9.97. The summed E-state index contributed by atoms with van der Waals surface area (Å²) in [6.07, 6.45) is 5.57. The third-order valence-electron chi connectivity index (χ3n) is 3.74. The number of aliphatic hydroxyl groups excluding tert-OH is 1. The molecule has 0 saturated heterocycles. The molecule has 0 fully saturated rings. The first-order valence-electron chi connectivity index (χ1n) is 6.97. The number of ketones is 1. The molecule has 0 saturated carbocycles. The van der Waals surface area contributed by atoms with Crippen LogP contribution in [0.1, 0.15) is 24.8 Å². The number of allylic oxidation sites excluding steroid dienone is 2. The molecule has 0 unspecified atom stereocenters. The molecule has 108 valence electrons. The van der Waals surface area contributed by atoms with Gasteiger partial charge >= 0.3 is 0 Å². The first-order chi connectivity index (χ1) is 10.2. The Kier molecular flexibility index (Phi) is 3.52. The van der Waals surface area contributed by atoms with Crippen LogP contribution in [0.3, 0.4) is 0 Å². The Hall–Kier alpha value is -2.49. The highest BCUT2D eigenvalue weighted by Gasteiger charge is 2.22. The highest BCUT2D eigenvalue weighted by Crippen LogP contribution is 2.29. The molecule has 1 heterocycles. The number of aliphatic hydroxyl groups is 1. The van der Waals surface area contributed by atoms with Crippen LogP contribution in [0.2, 0.25) is 0 Å². The van der Waals surface area contributed by atoms with E-state index in [1.165, 1.54) is 0 Å². The van der Waals surface area contributed by atoms with Crippen molar-refractivity contribution in [1.82, 2.24) is 4.57 Å². The van der Waals surface area contributed by atoms with Crippen molar-refractivity contribution < 1.29 is 14.6 Å². The monoisotopic (exact) mass is 283 g/mol. The van der Waals surface area contributed by atoms with Crippen LogP contribution in [0.4, 0.5) is 0 Å². The summed E-state index contributed by atoms with van der Waals surface area (Å²) in [5.74, 6) is 1.03. The van der Waals surface area contributed by atoms with Gasteiger partial charge in [0, 0.05) is 36.5 Å². The number of methoxy groups -OCH3 is 1. The van der Waals surface area contributed by atoms with Gasteiger partial charge in [-0.1, -0.05) is 0 Å². The molecule has 4 nitrogen and oxygen atoms in total. The lowest BCUT2D eigenvalue weighted by molar-refractivity contribution is -0.114. The topological polar surface area (TPSA) is 51.5 Å². The van der Waals surface area contributed by atoms with Gasteiger partial charge in [0.05, 0.1) is 12.7 Å². The van der Waals surface area contributed by atoms with Gasteiger partial charge in [-0.2, -0.15) is 0 Å². The highest BCUT2D eigenvalue weighted by atomic mass is 16.5. The van der Waals surface area contributed by atoms with Gasteiger partial charge in [-0.3, -0.25) is 4.79 Å². The summed E-state index contributed by atoms with van der Waals surface area (Å²) < 4.78 is 7.07. The standard InChI is InChI=1S/C17H17NO3/c1-21-14-7-5-13(6-8-14)18-10-9-12(11-18)17-15(19)3-2-4-16(17)20/h5-11,19H,2-4H2,1H3. The quantitative estimate of drug-likeness (QED) is 0.937. The third-order valence-corrected chi connectivity index (χ3v) is 3.74. The zero-order chi connectivity index (χ0) is 14.8. The molecule has 0 spiro atoms. The Morgan fingerprint density at radius 2 is 1.90 bits per heavy atom. The Morgan fingerprint density at radius 1 is 1.14 bits per heavy atom. The smallest absolute Gasteiger partial charge is 0.166 e. The fraction of sp³-hybridized carbons (Fsp3) is 0.235. The van der Waals surface area contributed by atoms with Crippen molar-refractivity contribution >= 4 is 11.4 Å². The zero-order valence-electron chi connectivity index (χ0n) is 11.9. The maximum Gasteiger partial charge on any atom is 0.166 e. The minimum Gasteiger partial charge on any atom is -0.512 e. The fourth-order valence-corrected chi connectivity index (χ4v) is 2.61. The number of carbonyl (C=O) groups is 1. The van der Waals surface area contributed by atoms with Crippen LogP contribution in [0, 0.1) is 0 Å². The Balaban J connectivity index is 1.94. The van der Waals surface area contributed by atoms with E-state index in [1.54, 1.807) is 7.11 Å². The maximum absolute atomic E-state index is 12.0. The van der Waals surface area contributed by atoms with Crippen LogP contribution in [0.15, 0.2) is 48.5 Å². The van der Waals surface area contributed by atoms with Crippen LogP contribution in [0.25, 0.3) is 11.3 Å². The van der Waals surface area contributed by atoms with Gasteiger partial charge in [0.2, 0.25) is 0 Å². The Morgan fingerprint density at radius 3 is 2.57 bits per heavy atom. The van der Waals surface area contributed by atoms with E-state index in [1.807, 2.05) is 47.3 Å². The number of hydrogen-bond acceptors (Lipinski definition) is 3. The minimum absolute atomic E-state index is 0.0197. The van der Waals surface area contributed by atoms with Gasteiger partial charge in [-0.05, 0) is 36.8 Å². The zero-order valence-corrected chi connectivity index (χ0v) is 11.9. The van der Waals surface area contributed by atoms with Gasteiger partial charge in [-0.25, -0.2) is 0 Å². The second-order valence-corrected chi connectivity index (χ2v) is 5.10. The molecule has 4 heteroatoms. The first kappa shape index (κ1) is 13.5. The molecular weight excluding hydrogens is 266 g/mol. The molecule has 21 heavy (non-hydrogen) atoms. The average molecular weight is 283 g/mol. The van der Waals surface area contributed by atoms with Crippen molar-refractivity contribution in [3.63, 3.8) is 0 Å². The van der Waals surface area contributed by atoms with Gasteiger partial charge in [-0.15, -0.1) is 0 Å². The highest BCUT2D eigenvalue weighted by molar-refractivity contribution is 6.21. The summed E-state index contributed by atoms with van der Waals surface area (Å²) in [7, 11) is 1.63. The normalized spacial score (nSPS) is 15.4. The predicted molar refractivity (Wildman–Crippen MR) is 80.7 cm³/mol. The molecular formula is C17H17NO3. The number of aromatic nitrogens is 1. The number of rotatable bonds is 3. The van der Waals surface area contributed by atoms with E-state index in [2.05, 4.69) is 0 Å². The molecule has 1 aliphatic rings. The molecule has 1 aliphatic carbocycles. The number of carbonyl (C=O) groups excluding carboxylic acids is 1. The second-order valence-electron chi connectivity index (χ2n) is 5.10. The summed E-state index contributed by atoms with van der Waals surface area (Å²) in [6.45, 7) is 0. The molecule has 3 rings (SSSR count). The molecule has 1 N–H and O–H groups in total. The molecule has 0 amide bonds. The fourth-order valence-electron chi connectivity index (χ4n) is 2.61. The van der Waals surface area contributed by atoms with Crippen LogP contribution in [-0.4, -0.2) is 22.6 Å². The van der Waals surface area contributed by atoms with E-state index in [-0.39, 0.29) is 11.5 Å². The number of Topliss-reactive ketones (excluding diaryl/α,β-unsaturated/α-hetero) is 1. The largest absolute Gasteiger partial charge is 0.512 e. The van der Waals surface area contributed by atoms with Crippen molar-refractivity contribution in [2.24, 2.45) is 0 Å². The Bertz CT molecular complexity index is 695. The minimum atomic E-state index is 0.0197. The van der Waals surface area contributed by atoms with Crippen LogP contribution >= 0.6 is 0 Å². The Labute approximate surface area is 123 Å². The van der Waals surface area contributed by atoms with E-state index in [0.29, 0.717) is 18.4 Å². The van der Waals surface area contributed by atoms with Crippen LogP contribution in [0.5, 0.6) is 5.75 Å². The lowest BCUT2D eigenvalue weighted by atomic mass is 9.92. The molecule has 1 aromatic carbocycles. The van der Waals surface area contributed by atoms with Gasteiger partial charge in [0.15, 0.2) is 5.78 Å². The van der Waals surface area contributed by atoms with Crippen LogP contribution in [-0.2, 0) is 4.79 Å².